The van der Waals surface area contributed by atoms with Gasteiger partial charge in [0.15, 0.2) is 0 Å². The van der Waals surface area contributed by atoms with Gasteiger partial charge in [0.1, 0.15) is 23.2 Å². The molecule has 0 aromatic heterocycles. The number of carbonyl (C=O) groups is 2. The van der Waals surface area contributed by atoms with E-state index in [9.17, 15) is 18.0 Å². The Bertz CT molecular complexity index is 1360. The molecule has 0 spiro atoms. The van der Waals surface area contributed by atoms with Crippen molar-refractivity contribution in [2.45, 2.75) is 43.7 Å². The van der Waals surface area contributed by atoms with Crippen LogP contribution in [-0.2, 0) is 26.0 Å². The van der Waals surface area contributed by atoms with Gasteiger partial charge in [-0.3, -0.25) is 10.2 Å². The molecular weight excluding hydrogens is 494 g/mol. The summed E-state index contributed by atoms with van der Waals surface area (Å²) in [6, 6.07) is 19.1. The molecule has 3 aromatic carbocycles. The van der Waals surface area contributed by atoms with Gasteiger partial charge in [0, 0.05) is 5.56 Å². The van der Waals surface area contributed by atoms with Crippen molar-refractivity contribution in [3.8, 4) is 5.75 Å². The summed E-state index contributed by atoms with van der Waals surface area (Å²) < 4.78 is 39.4. The van der Waals surface area contributed by atoms with Gasteiger partial charge >= 0.3 is 11.9 Å². The molecular formula is C27H29N3O6S. The zero-order valence-electron chi connectivity index (χ0n) is 20.7. The molecule has 4 N–H and O–H groups in total. The number of benzene rings is 3. The van der Waals surface area contributed by atoms with E-state index in [0.717, 1.165) is 5.56 Å². The molecule has 10 heteroatoms. The average Bonchev–Trinajstić information content (AvgIpc) is 2.83. The topological polar surface area (TPSA) is 149 Å². The fraction of sp³-hybridized carbons (Fsp3) is 0.222. The lowest BCUT2D eigenvalue weighted by molar-refractivity contribution is -0.156. The summed E-state index contributed by atoms with van der Waals surface area (Å²) in [6.45, 7) is 5.11. The van der Waals surface area contributed by atoms with Gasteiger partial charge in [0.2, 0.25) is 10.0 Å². The van der Waals surface area contributed by atoms with Crippen molar-refractivity contribution in [3.63, 3.8) is 0 Å². The molecule has 1 atom stereocenters. The molecule has 0 saturated carbocycles. The van der Waals surface area contributed by atoms with Crippen LogP contribution in [0.5, 0.6) is 5.75 Å². The molecule has 0 aliphatic rings. The number of nitrogens with two attached hydrogens (primary N) is 1. The predicted octanol–water partition coefficient (Wildman–Crippen LogP) is 3.42. The highest BCUT2D eigenvalue weighted by Crippen LogP contribution is 2.18. The highest BCUT2D eigenvalue weighted by molar-refractivity contribution is 7.89. The fourth-order valence-electron chi connectivity index (χ4n) is 3.29. The minimum atomic E-state index is -4.13. The van der Waals surface area contributed by atoms with Crippen molar-refractivity contribution < 1.29 is 27.5 Å². The first-order valence-electron chi connectivity index (χ1n) is 11.4. The smallest absolute Gasteiger partial charge is 0.343 e. The lowest BCUT2D eigenvalue weighted by atomic mass is 10.1. The maximum atomic E-state index is 13.1. The molecule has 0 amide bonds. The van der Waals surface area contributed by atoms with E-state index in [-0.39, 0.29) is 28.5 Å². The van der Waals surface area contributed by atoms with E-state index in [1.165, 1.54) is 36.4 Å². The van der Waals surface area contributed by atoms with Crippen LogP contribution >= 0.6 is 0 Å². The minimum absolute atomic E-state index is 0.0990. The van der Waals surface area contributed by atoms with Crippen molar-refractivity contribution in [1.29, 1.82) is 5.41 Å². The number of carbonyl (C=O) groups excluding carboxylic acids is 2. The van der Waals surface area contributed by atoms with Gasteiger partial charge in [-0.05, 0) is 81.3 Å². The monoisotopic (exact) mass is 523 g/mol. The Kier molecular flexibility index (Phi) is 8.46. The molecule has 9 nitrogen and oxygen atoms in total. The summed E-state index contributed by atoms with van der Waals surface area (Å²) >= 11 is 0. The summed E-state index contributed by atoms with van der Waals surface area (Å²) in [5.41, 5.74) is 5.99. The Morgan fingerprint density at radius 1 is 0.919 bits per heavy atom. The number of esters is 2. The molecule has 0 fully saturated rings. The minimum Gasteiger partial charge on any atom is -0.459 e. The SMILES string of the molecule is CC(C)(C)OC(=O)[C@H](Cc1ccccc1)NS(=O)(=O)c1ccc(C(=O)Oc2ccc(C(=N)N)cc2)cc1. The quantitative estimate of drug-likeness (QED) is 0.168. The Labute approximate surface area is 216 Å². The highest BCUT2D eigenvalue weighted by Gasteiger charge is 2.30. The molecule has 0 bridgehead atoms. The standard InChI is InChI=1S/C27H29N3O6S/c1-27(2,3)36-26(32)23(17-18-7-5-4-6-8-18)30-37(33,34)22-15-11-20(12-16-22)25(31)35-21-13-9-19(10-14-21)24(28)29/h4-16,23,30H,17H2,1-3H3,(H3,28,29)/t23-/m0/s1. The normalized spacial score (nSPS) is 12.4. The number of amidine groups is 1. The van der Waals surface area contributed by atoms with Crippen LogP contribution in [0.15, 0.2) is 83.8 Å². The first kappa shape index (κ1) is 27.6. The zero-order chi connectivity index (χ0) is 27.2. The van der Waals surface area contributed by atoms with Crippen LogP contribution < -0.4 is 15.2 Å². The molecule has 0 aliphatic carbocycles. The highest BCUT2D eigenvalue weighted by atomic mass is 32.2. The lowest BCUT2D eigenvalue weighted by Gasteiger charge is -2.24. The predicted molar refractivity (Wildman–Crippen MR) is 139 cm³/mol. The van der Waals surface area contributed by atoms with E-state index < -0.39 is 33.6 Å². The summed E-state index contributed by atoms with van der Waals surface area (Å²) in [4.78, 5) is 25.2. The number of rotatable bonds is 9. The third-order valence-corrected chi connectivity index (χ3v) is 6.54. The fourth-order valence-corrected chi connectivity index (χ4v) is 4.47. The maximum absolute atomic E-state index is 13.1. The Morgan fingerprint density at radius 3 is 2.03 bits per heavy atom. The van der Waals surface area contributed by atoms with Crippen molar-refractivity contribution in [2.24, 2.45) is 5.73 Å². The molecule has 0 radical (unpaired) electrons. The summed E-state index contributed by atoms with van der Waals surface area (Å²) in [5.74, 6) is -1.26. The molecule has 3 rings (SSSR count). The Morgan fingerprint density at radius 2 is 1.49 bits per heavy atom. The number of nitrogens with one attached hydrogen (secondary N) is 2. The number of nitrogen functional groups attached to an aromatic ring is 1. The van der Waals surface area contributed by atoms with Crippen molar-refractivity contribution in [3.05, 3.63) is 95.6 Å². The van der Waals surface area contributed by atoms with Gasteiger partial charge in [-0.25, -0.2) is 13.2 Å². The van der Waals surface area contributed by atoms with E-state index in [4.69, 9.17) is 20.6 Å². The lowest BCUT2D eigenvalue weighted by Crippen LogP contribution is -2.45. The maximum Gasteiger partial charge on any atom is 0.343 e. The second kappa shape index (κ2) is 11.4. The van der Waals surface area contributed by atoms with Crippen LogP contribution in [0, 0.1) is 5.41 Å². The third kappa shape index (κ3) is 7.99. The first-order valence-corrected chi connectivity index (χ1v) is 12.9. The molecule has 0 heterocycles. The van der Waals surface area contributed by atoms with Crippen LogP contribution in [0.1, 0.15) is 42.3 Å². The van der Waals surface area contributed by atoms with Gasteiger partial charge in [-0.2, -0.15) is 4.72 Å². The van der Waals surface area contributed by atoms with Gasteiger partial charge in [0.25, 0.3) is 0 Å². The number of ether oxygens (including phenoxy) is 2. The van der Waals surface area contributed by atoms with E-state index in [2.05, 4.69) is 4.72 Å². The molecule has 0 aliphatic heterocycles. The summed E-state index contributed by atoms with van der Waals surface area (Å²) in [5, 5.41) is 7.40. The van der Waals surface area contributed by atoms with Crippen LogP contribution in [0.4, 0.5) is 0 Å². The van der Waals surface area contributed by atoms with Crippen molar-refractivity contribution >= 4 is 27.8 Å². The molecule has 0 unspecified atom stereocenters. The summed E-state index contributed by atoms with van der Waals surface area (Å²) in [6.07, 6.45) is 0.0990. The van der Waals surface area contributed by atoms with E-state index in [0.29, 0.717) is 5.56 Å². The van der Waals surface area contributed by atoms with E-state index >= 15 is 0 Å². The zero-order valence-corrected chi connectivity index (χ0v) is 21.5. The molecule has 3 aromatic rings. The van der Waals surface area contributed by atoms with Gasteiger partial charge < -0.3 is 15.2 Å². The molecule has 194 valence electrons. The number of sulfonamides is 1. The van der Waals surface area contributed by atoms with Gasteiger partial charge in [0.05, 0.1) is 10.5 Å². The average molecular weight is 524 g/mol. The van der Waals surface area contributed by atoms with E-state index in [1.807, 2.05) is 6.07 Å². The third-order valence-electron chi connectivity index (χ3n) is 5.05. The van der Waals surface area contributed by atoms with Gasteiger partial charge in [-0.1, -0.05) is 30.3 Å². The van der Waals surface area contributed by atoms with Crippen molar-refractivity contribution in [1.82, 2.24) is 4.72 Å². The van der Waals surface area contributed by atoms with Crippen molar-refractivity contribution in [2.75, 3.05) is 0 Å². The largest absolute Gasteiger partial charge is 0.459 e. The number of hydrogen-bond acceptors (Lipinski definition) is 7. The molecule has 0 saturated heterocycles. The van der Waals surface area contributed by atoms with Crippen LogP contribution in [0.2, 0.25) is 0 Å². The van der Waals surface area contributed by atoms with E-state index in [1.54, 1.807) is 57.2 Å². The van der Waals surface area contributed by atoms with Crippen LogP contribution in [-0.4, -0.2) is 37.8 Å². The summed E-state index contributed by atoms with van der Waals surface area (Å²) in [7, 11) is -4.13. The second-order valence-electron chi connectivity index (χ2n) is 9.25. The molecule has 37 heavy (non-hydrogen) atoms. The van der Waals surface area contributed by atoms with Crippen LogP contribution in [0.3, 0.4) is 0 Å². The second-order valence-corrected chi connectivity index (χ2v) is 11.0. The first-order chi connectivity index (χ1) is 17.3. The number of hydrogen-bond donors (Lipinski definition) is 3. The Hall–Kier alpha value is -4.02. The van der Waals surface area contributed by atoms with Gasteiger partial charge in [-0.15, -0.1) is 0 Å². The Balaban J connectivity index is 1.75. The van der Waals surface area contributed by atoms with Crippen LogP contribution in [0.25, 0.3) is 0 Å².